The second-order valence-electron chi connectivity index (χ2n) is 10.9. The Hall–Kier alpha value is -2.57. The van der Waals surface area contributed by atoms with E-state index in [9.17, 15) is 14.4 Å². The van der Waals surface area contributed by atoms with Gasteiger partial charge in [-0.2, -0.15) is 0 Å². The van der Waals surface area contributed by atoms with Crippen LogP contribution in [0.15, 0.2) is 30.3 Å². The second kappa shape index (κ2) is 15.5. The largest absolute Gasteiger partial charge is 0.444 e. The maximum Gasteiger partial charge on any atom is 0.408 e. The van der Waals surface area contributed by atoms with E-state index in [-0.39, 0.29) is 23.8 Å². The number of alkyl carbamates (subject to hydrolysis) is 1. The number of nitrogens with one attached hydrogen (secondary N) is 2. The van der Waals surface area contributed by atoms with Crippen molar-refractivity contribution in [2.24, 2.45) is 5.92 Å². The average molecular weight is 504 g/mol. The molecule has 1 aromatic carbocycles. The summed E-state index contributed by atoms with van der Waals surface area (Å²) < 4.78 is 5.46. The quantitative estimate of drug-likeness (QED) is 0.305. The molecule has 1 aromatic rings. The fourth-order valence-corrected chi connectivity index (χ4v) is 4.02. The van der Waals surface area contributed by atoms with Crippen molar-refractivity contribution in [1.29, 1.82) is 0 Å². The molecule has 0 heterocycles. The van der Waals surface area contributed by atoms with Crippen molar-refractivity contribution in [1.82, 2.24) is 15.5 Å². The minimum Gasteiger partial charge on any atom is -0.444 e. The SMILES string of the molecule is CCCCCCCN(C(=O)C(NC(=O)OC(C)(C)C)C(C)CC)C(C(=O)NC(C)C)c1ccccc1. The highest BCUT2D eigenvalue weighted by Gasteiger charge is 2.38. The zero-order chi connectivity index (χ0) is 27.3. The standard InChI is InChI=1S/C29H49N3O4/c1-9-11-12-13-17-20-32(25(26(33)30-21(3)4)23-18-15-14-16-19-23)27(34)24(22(5)10-2)31-28(35)36-29(6,7)8/h14-16,18-19,21-22,24-25H,9-13,17,20H2,1-8H3,(H,30,33)(H,31,35). The van der Waals surface area contributed by atoms with E-state index in [0.29, 0.717) is 13.0 Å². The predicted octanol–water partition coefficient (Wildman–Crippen LogP) is 5.99. The predicted molar refractivity (Wildman–Crippen MR) is 146 cm³/mol. The Labute approximate surface area is 218 Å². The molecule has 3 atom stereocenters. The lowest BCUT2D eigenvalue weighted by Gasteiger charge is -2.36. The molecule has 0 saturated carbocycles. The lowest BCUT2D eigenvalue weighted by atomic mass is 9.95. The van der Waals surface area contributed by atoms with Gasteiger partial charge in [0.25, 0.3) is 0 Å². The summed E-state index contributed by atoms with van der Waals surface area (Å²) in [6.45, 7) is 15.7. The molecule has 7 heteroatoms. The number of hydrogen-bond acceptors (Lipinski definition) is 4. The highest BCUT2D eigenvalue weighted by molar-refractivity contribution is 5.92. The smallest absolute Gasteiger partial charge is 0.408 e. The van der Waals surface area contributed by atoms with Gasteiger partial charge in [0.15, 0.2) is 0 Å². The van der Waals surface area contributed by atoms with Crippen molar-refractivity contribution in [3.8, 4) is 0 Å². The summed E-state index contributed by atoms with van der Waals surface area (Å²) in [6, 6.07) is 7.72. The van der Waals surface area contributed by atoms with Crippen LogP contribution in [0, 0.1) is 5.92 Å². The van der Waals surface area contributed by atoms with Crippen LogP contribution in [-0.2, 0) is 14.3 Å². The number of ether oxygens (including phenoxy) is 1. The molecule has 0 aliphatic heterocycles. The highest BCUT2D eigenvalue weighted by Crippen LogP contribution is 2.25. The topological polar surface area (TPSA) is 87.7 Å². The van der Waals surface area contributed by atoms with Gasteiger partial charge < -0.3 is 20.3 Å². The van der Waals surface area contributed by atoms with Gasteiger partial charge in [-0.3, -0.25) is 9.59 Å². The molecule has 0 bridgehead atoms. The minimum atomic E-state index is -0.807. The first-order valence-electron chi connectivity index (χ1n) is 13.6. The summed E-state index contributed by atoms with van der Waals surface area (Å²) in [4.78, 5) is 42.0. The fourth-order valence-electron chi connectivity index (χ4n) is 4.02. The number of carbonyl (C=O) groups is 3. The number of rotatable bonds is 14. The van der Waals surface area contributed by atoms with Crippen LogP contribution in [-0.4, -0.2) is 47.0 Å². The molecule has 0 aliphatic rings. The zero-order valence-corrected chi connectivity index (χ0v) is 23.7. The Kier molecular flexibility index (Phi) is 13.6. The number of amides is 3. The Bertz CT molecular complexity index is 804. The number of nitrogens with zero attached hydrogens (tertiary/aromatic N) is 1. The summed E-state index contributed by atoms with van der Waals surface area (Å²) in [6.07, 6.45) is 5.15. The molecule has 2 N–H and O–H groups in total. The third-order valence-corrected chi connectivity index (χ3v) is 6.04. The van der Waals surface area contributed by atoms with Crippen molar-refractivity contribution in [3.63, 3.8) is 0 Å². The van der Waals surface area contributed by atoms with Gasteiger partial charge in [0.1, 0.15) is 17.7 Å². The van der Waals surface area contributed by atoms with Gasteiger partial charge in [-0.25, -0.2) is 4.79 Å². The minimum absolute atomic E-state index is 0.0736. The van der Waals surface area contributed by atoms with Gasteiger partial charge in [-0.15, -0.1) is 0 Å². The van der Waals surface area contributed by atoms with Gasteiger partial charge in [0, 0.05) is 12.6 Å². The number of benzene rings is 1. The van der Waals surface area contributed by atoms with Crippen molar-refractivity contribution in [2.75, 3.05) is 6.54 Å². The first kappa shape index (κ1) is 31.5. The molecule has 3 amide bonds. The van der Waals surface area contributed by atoms with Crippen LogP contribution in [0.1, 0.15) is 106 Å². The molecule has 0 aromatic heterocycles. The van der Waals surface area contributed by atoms with Crippen LogP contribution in [0.4, 0.5) is 4.79 Å². The van der Waals surface area contributed by atoms with Crippen LogP contribution in [0.25, 0.3) is 0 Å². The fraction of sp³-hybridized carbons (Fsp3) is 0.690. The Morgan fingerprint density at radius 2 is 1.53 bits per heavy atom. The van der Waals surface area contributed by atoms with E-state index in [1.807, 2.05) is 58.0 Å². The molecule has 0 aliphatic carbocycles. The molecular formula is C29H49N3O4. The van der Waals surface area contributed by atoms with Crippen LogP contribution >= 0.6 is 0 Å². The second-order valence-corrected chi connectivity index (χ2v) is 10.9. The molecule has 3 unspecified atom stereocenters. The summed E-state index contributed by atoms with van der Waals surface area (Å²) in [5, 5.41) is 5.81. The Morgan fingerprint density at radius 1 is 0.917 bits per heavy atom. The number of unbranched alkanes of at least 4 members (excludes halogenated alkanes) is 4. The van der Waals surface area contributed by atoms with Gasteiger partial charge in [0.05, 0.1) is 0 Å². The zero-order valence-electron chi connectivity index (χ0n) is 23.7. The maximum atomic E-state index is 14.1. The average Bonchev–Trinajstić information content (AvgIpc) is 2.79. The van der Waals surface area contributed by atoms with Crippen LogP contribution in [0.3, 0.4) is 0 Å². The molecule has 0 fully saturated rings. The Balaban J connectivity index is 3.40. The summed E-state index contributed by atoms with van der Waals surface area (Å²) >= 11 is 0. The van der Waals surface area contributed by atoms with Crippen LogP contribution in [0.2, 0.25) is 0 Å². The summed E-state index contributed by atoms with van der Waals surface area (Å²) in [5.74, 6) is -0.631. The first-order valence-corrected chi connectivity index (χ1v) is 13.6. The van der Waals surface area contributed by atoms with E-state index in [1.165, 1.54) is 0 Å². The third kappa shape index (κ3) is 11.0. The van der Waals surface area contributed by atoms with Crippen LogP contribution in [0.5, 0.6) is 0 Å². The molecular weight excluding hydrogens is 454 g/mol. The molecule has 0 radical (unpaired) electrons. The van der Waals surface area contributed by atoms with E-state index >= 15 is 0 Å². The van der Waals surface area contributed by atoms with Gasteiger partial charge in [0.2, 0.25) is 11.8 Å². The van der Waals surface area contributed by atoms with Crippen molar-refractivity contribution in [3.05, 3.63) is 35.9 Å². The van der Waals surface area contributed by atoms with E-state index in [0.717, 1.165) is 37.7 Å². The van der Waals surface area contributed by atoms with E-state index in [2.05, 4.69) is 17.6 Å². The van der Waals surface area contributed by atoms with E-state index < -0.39 is 23.8 Å². The van der Waals surface area contributed by atoms with Crippen molar-refractivity contribution < 1.29 is 19.1 Å². The molecule has 0 spiro atoms. The molecule has 7 nitrogen and oxygen atoms in total. The van der Waals surface area contributed by atoms with Gasteiger partial charge in [-0.1, -0.05) is 83.2 Å². The monoisotopic (exact) mass is 503 g/mol. The molecule has 1 rings (SSSR count). The molecule has 36 heavy (non-hydrogen) atoms. The first-order chi connectivity index (χ1) is 16.9. The van der Waals surface area contributed by atoms with Crippen molar-refractivity contribution >= 4 is 17.9 Å². The van der Waals surface area contributed by atoms with E-state index in [1.54, 1.807) is 25.7 Å². The normalized spacial score (nSPS) is 14.0. The number of carbonyl (C=O) groups excluding carboxylic acids is 3. The van der Waals surface area contributed by atoms with E-state index in [4.69, 9.17) is 4.74 Å². The molecule has 0 saturated heterocycles. The number of hydrogen-bond donors (Lipinski definition) is 2. The lowest BCUT2D eigenvalue weighted by molar-refractivity contribution is -0.143. The van der Waals surface area contributed by atoms with Gasteiger partial charge >= 0.3 is 6.09 Å². The lowest BCUT2D eigenvalue weighted by Crippen LogP contribution is -2.55. The maximum absolute atomic E-state index is 14.1. The van der Waals surface area contributed by atoms with Gasteiger partial charge in [-0.05, 0) is 52.5 Å². The van der Waals surface area contributed by atoms with Crippen LogP contribution < -0.4 is 10.6 Å². The summed E-state index contributed by atoms with van der Waals surface area (Å²) in [7, 11) is 0. The highest BCUT2D eigenvalue weighted by atomic mass is 16.6. The third-order valence-electron chi connectivity index (χ3n) is 6.04. The molecule has 204 valence electrons. The van der Waals surface area contributed by atoms with Crippen molar-refractivity contribution in [2.45, 2.75) is 118 Å². The summed E-state index contributed by atoms with van der Waals surface area (Å²) in [5.41, 5.74) is 0.0632. The Morgan fingerprint density at radius 3 is 2.06 bits per heavy atom.